The molecule has 1 aliphatic rings. The Bertz CT molecular complexity index is 445. The van der Waals surface area contributed by atoms with Gasteiger partial charge in [0, 0.05) is 31.7 Å². The molecule has 1 amide bonds. The Morgan fingerprint density at radius 1 is 1.11 bits per heavy atom. The van der Waals surface area contributed by atoms with Crippen LogP contribution in [-0.4, -0.2) is 60.4 Å². The van der Waals surface area contributed by atoms with Gasteiger partial charge in [0.15, 0.2) is 0 Å². The molecule has 0 radical (unpaired) electrons. The van der Waals surface area contributed by atoms with Crippen LogP contribution >= 0.6 is 0 Å². The molecule has 0 fully saturated rings. The average molecular weight is 265 g/mol. The Labute approximate surface area is 112 Å². The van der Waals surface area contributed by atoms with Crippen LogP contribution < -0.4 is 10.6 Å². The van der Waals surface area contributed by atoms with E-state index in [1.165, 1.54) is 4.90 Å². The van der Waals surface area contributed by atoms with E-state index in [1.807, 2.05) is 6.07 Å². The summed E-state index contributed by atoms with van der Waals surface area (Å²) in [6, 6.07) is 5.42. The van der Waals surface area contributed by atoms with E-state index in [1.54, 1.807) is 12.1 Å². The van der Waals surface area contributed by atoms with E-state index in [0.29, 0.717) is 5.56 Å². The minimum atomic E-state index is -0.182. The molecule has 6 nitrogen and oxygen atoms in total. The first-order chi connectivity index (χ1) is 9.26. The van der Waals surface area contributed by atoms with Crippen LogP contribution in [0.3, 0.4) is 0 Å². The first kappa shape index (κ1) is 13.6. The number of amides is 1. The molecule has 19 heavy (non-hydrogen) atoms. The molecule has 0 aromatic heterocycles. The number of fused-ring (bicyclic) bond motifs is 1. The molecule has 1 aromatic rings. The van der Waals surface area contributed by atoms with Crippen LogP contribution in [0.15, 0.2) is 18.2 Å². The number of hydrogen-bond acceptors (Lipinski definition) is 5. The van der Waals surface area contributed by atoms with E-state index in [2.05, 4.69) is 10.6 Å². The van der Waals surface area contributed by atoms with E-state index < -0.39 is 0 Å². The molecule has 6 heteroatoms. The monoisotopic (exact) mass is 265 g/mol. The molecule has 0 unspecified atom stereocenters. The summed E-state index contributed by atoms with van der Waals surface area (Å²) in [5.41, 5.74) is 2.44. The lowest BCUT2D eigenvalue weighted by molar-refractivity contribution is 0.0685. The van der Waals surface area contributed by atoms with Gasteiger partial charge >= 0.3 is 0 Å². The van der Waals surface area contributed by atoms with Crippen molar-refractivity contribution in [1.82, 2.24) is 4.90 Å². The highest BCUT2D eigenvalue weighted by atomic mass is 16.3. The summed E-state index contributed by atoms with van der Waals surface area (Å²) < 4.78 is 0. The lowest BCUT2D eigenvalue weighted by Crippen LogP contribution is -2.36. The second-order valence-electron chi connectivity index (χ2n) is 4.35. The maximum atomic E-state index is 12.3. The first-order valence-electron chi connectivity index (χ1n) is 6.39. The zero-order valence-electron chi connectivity index (χ0n) is 10.7. The third-order valence-electron chi connectivity index (χ3n) is 3.05. The molecule has 0 bridgehead atoms. The number of nitrogens with one attached hydrogen (secondary N) is 2. The van der Waals surface area contributed by atoms with Gasteiger partial charge in [0.05, 0.1) is 24.6 Å². The largest absolute Gasteiger partial charge is 0.395 e. The Kier molecular flexibility index (Phi) is 4.59. The quantitative estimate of drug-likeness (QED) is 0.600. The Hall–Kier alpha value is -1.79. The molecule has 1 aliphatic heterocycles. The van der Waals surface area contributed by atoms with Gasteiger partial charge in [0.2, 0.25) is 0 Å². The van der Waals surface area contributed by atoms with Crippen LogP contribution in [-0.2, 0) is 0 Å². The minimum Gasteiger partial charge on any atom is -0.395 e. The van der Waals surface area contributed by atoms with E-state index in [-0.39, 0.29) is 32.2 Å². The maximum Gasteiger partial charge on any atom is 0.254 e. The number of rotatable bonds is 5. The number of anilines is 2. The van der Waals surface area contributed by atoms with Crippen LogP contribution in [0.2, 0.25) is 0 Å². The van der Waals surface area contributed by atoms with Crippen molar-refractivity contribution < 1.29 is 15.0 Å². The van der Waals surface area contributed by atoms with Gasteiger partial charge in [0.25, 0.3) is 5.91 Å². The second-order valence-corrected chi connectivity index (χ2v) is 4.35. The van der Waals surface area contributed by atoms with Gasteiger partial charge in [0.1, 0.15) is 0 Å². The van der Waals surface area contributed by atoms with Gasteiger partial charge < -0.3 is 25.7 Å². The fraction of sp³-hybridized carbons (Fsp3) is 0.462. The molecule has 1 heterocycles. The van der Waals surface area contributed by atoms with Crippen molar-refractivity contribution in [3.8, 4) is 0 Å². The van der Waals surface area contributed by atoms with E-state index >= 15 is 0 Å². The summed E-state index contributed by atoms with van der Waals surface area (Å²) in [5.74, 6) is -0.182. The first-order valence-corrected chi connectivity index (χ1v) is 6.39. The van der Waals surface area contributed by atoms with Crippen molar-refractivity contribution in [2.45, 2.75) is 0 Å². The van der Waals surface area contributed by atoms with E-state index in [4.69, 9.17) is 10.2 Å². The van der Waals surface area contributed by atoms with Gasteiger partial charge in [-0.2, -0.15) is 0 Å². The van der Waals surface area contributed by atoms with Crippen molar-refractivity contribution in [1.29, 1.82) is 0 Å². The van der Waals surface area contributed by atoms with Crippen LogP contribution in [0.4, 0.5) is 11.4 Å². The van der Waals surface area contributed by atoms with E-state index in [9.17, 15) is 4.79 Å². The lowest BCUT2D eigenvalue weighted by atomic mass is 10.1. The molecule has 0 spiro atoms. The Morgan fingerprint density at radius 2 is 1.74 bits per heavy atom. The molecular weight excluding hydrogens is 246 g/mol. The minimum absolute atomic E-state index is 0.115. The normalized spacial score (nSPS) is 13.2. The number of carbonyl (C=O) groups is 1. The van der Waals surface area contributed by atoms with Crippen LogP contribution in [0.25, 0.3) is 0 Å². The van der Waals surface area contributed by atoms with Crippen LogP contribution in [0, 0.1) is 0 Å². The van der Waals surface area contributed by atoms with Crippen LogP contribution in [0.1, 0.15) is 10.4 Å². The predicted octanol–water partition coefficient (Wildman–Crippen LogP) is -0.0492. The number of aliphatic hydroxyl groups is 2. The second kappa shape index (κ2) is 6.40. The number of nitrogens with zero attached hydrogens (tertiary/aromatic N) is 1. The van der Waals surface area contributed by atoms with Gasteiger partial charge in [-0.1, -0.05) is 0 Å². The molecule has 2 rings (SSSR count). The van der Waals surface area contributed by atoms with Crippen molar-refractivity contribution in [2.75, 3.05) is 50.0 Å². The third kappa shape index (κ3) is 3.15. The molecule has 0 atom stereocenters. The SMILES string of the molecule is O=C(c1ccc2c(c1)NCCN2)N(CCO)CCO. The smallest absolute Gasteiger partial charge is 0.254 e. The highest BCUT2D eigenvalue weighted by Gasteiger charge is 2.17. The molecule has 4 N–H and O–H groups in total. The van der Waals surface area contributed by atoms with E-state index in [0.717, 1.165) is 24.5 Å². The Morgan fingerprint density at radius 3 is 2.37 bits per heavy atom. The van der Waals surface area contributed by atoms with Crippen molar-refractivity contribution >= 4 is 17.3 Å². The summed E-state index contributed by atoms with van der Waals surface area (Å²) in [6.45, 7) is 1.90. The summed E-state index contributed by atoms with van der Waals surface area (Å²) in [6.07, 6.45) is 0. The average Bonchev–Trinajstić information content (AvgIpc) is 2.46. The zero-order valence-corrected chi connectivity index (χ0v) is 10.7. The number of benzene rings is 1. The summed E-state index contributed by atoms with van der Waals surface area (Å²) in [7, 11) is 0. The molecule has 1 aromatic carbocycles. The van der Waals surface area contributed by atoms with Gasteiger partial charge in [-0.15, -0.1) is 0 Å². The standard InChI is InChI=1S/C13H19N3O3/c17-7-5-16(6-8-18)13(19)10-1-2-11-12(9-10)15-4-3-14-11/h1-2,9,14-15,17-18H,3-8H2. The summed E-state index contributed by atoms with van der Waals surface area (Å²) >= 11 is 0. The molecule has 104 valence electrons. The zero-order chi connectivity index (χ0) is 13.7. The van der Waals surface area contributed by atoms with Crippen LogP contribution in [0.5, 0.6) is 0 Å². The van der Waals surface area contributed by atoms with Gasteiger partial charge in [-0.05, 0) is 18.2 Å². The lowest BCUT2D eigenvalue weighted by Gasteiger charge is -2.23. The van der Waals surface area contributed by atoms with Gasteiger partial charge in [-0.3, -0.25) is 4.79 Å². The molecule has 0 saturated heterocycles. The van der Waals surface area contributed by atoms with Crippen molar-refractivity contribution in [2.24, 2.45) is 0 Å². The fourth-order valence-corrected chi connectivity index (χ4v) is 2.11. The maximum absolute atomic E-state index is 12.3. The molecular formula is C13H19N3O3. The molecule has 0 saturated carbocycles. The Balaban J connectivity index is 2.17. The number of aliphatic hydroxyl groups excluding tert-OH is 2. The topological polar surface area (TPSA) is 84.8 Å². The summed E-state index contributed by atoms with van der Waals surface area (Å²) in [4.78, 5) is 13.7. The highest BCUT2D eigenvalue weighted by Crippen LogP contribution is 2.25. The third-order valence-corrected chi connectivity index (χ3v) is 3.05. The molecule has 0 aliphatic carbocycles. The number of hydrogen-bond donors (Lipinski definition) is 4. The predicted molar refractivity (Wildman–Crippen MR) is 73.5 cm³/mol. The fourth-order valence-electron chi connectivity index (χ4n) is 2.11. The van der Waals surface area contributed by atoms with Gasteiger partial charge in [-0.25, -0.2) is 0 Å². The van der Waals surface area contributed by atoms with Crippen molar-refractivity contribution in [3.63, 3.8) is 0 Å². The summed E-state index contributed by atoms with van der Waals surface area (Å²) in [5, 5.41) is 24.4. The number of carbonyl (C=O) groups excluding carboxylic acids is 1. The highest BCUT2D eigenvalue weighted by molar-refractivity contribution is 5.96. The van der Waals surface area contributed by atoms with Crippen molar-refractivity contribution in [3.05, 3.63) is 23.8 Å².